The van der Waals surface area contributed by atoms with Crippen LogP contribution in [0, 0.1) is 0 Å². The van der Waals surface area contributed by atoms with Crippen LogP contribution < -0.4 is 5.32 Å². The van der Waals surface area contributed by atoms with Crippen LogP contribution in [0.5, 0.6) is 0 Å². The summed E-state index contributed by atoms with van der Waals surface area (Å²) in [6.45, 7) is 2.50. The molecule has 0 unspecified atom stereocenters. The smallest absolute Gasteiger partial charge is 0.137 e. The van der Waals surface area contributed by atoms with Crippen LogP contribution in [0.2, 0.25) is 5.02 Å². The zero-order valence-electron chi connectivity index (χ0n) is 9.97. The Morgan fingerprint density at radius 2 is 1.82 bits per heavy atom. The van der Waals surface area contributed by atoms with Crippen molar-refractivity contribution >= 4 is 17.4 Å². The number of fused-ring (bicyclic) bond motifs is 1. The Kier molecular flexibility index (Phi) is 4.57. The first-order chi connectivity index (χ1) is 8.25. The molecular weight excluding hydrogens is 234 g/mol. The van der Waals surface area contributed by atoms with Crippen molar-refractivity contribution in [1.82, 2.24) is 5.32 Å². The maximum absolute atomic E-state index is 11.1. The molecule has 1 N–H and O–H groups in total. The lowest BCUT2D eigenvalue weighted by molar-refractivity contribution is -0.118. The van der Waals surface area contributed by atoms with Gasteiger partial charge in [0.15, 0.2) is 0 Å². The number of hydrogen-bond donors (Lipinski definition) is 1. The molecule has 1 heterocycles. The summed E-state index contributed by atoms with van der Waals surface area (Å²) in [4.78, 5) is 11.1. The van der Waals surface area contributed by atoms with Crippen molar-refractivity contribution in [2.45, 2.75) is 32.1 Å². The third-order valence-corrected chi connectivity index (χ3v) is 3.42. The van der Waals surface area contributed by atoms with Gasteiger partial charge in [0.2, 0.25) is 0 Å². The molecule has 0 atom stereocenters. The highest BCUT2D eigenvalue weighted by atomic mass is 35.5. The van der Waals surface area contributed by atoms with Crippen LogP contribution in [-0.2, 0) is 17.6 Å². The highest BCUT2D eigenvalue weighted by Gasteiger charge is 2.14. The molecule has 92 valence electrons. The van der Waals surface area contributed by atoms with E-state index < -0.39 is 0 Å². The van der Waals surface area contributed by atoms with Gasteiger partial charge in [-0.2, -0.15) is 0 Å². The number of carbonyl (C=O) groups is 1. The first-order valence-electron chi connectivity index (χ1n) is 6.25. The standard InChI is InChI=1S/C10H9ClO.C4H9N/c11-9-3-1-8-6-10(12)4-2-7(8)5-9;1-2-4-5-3-1/h1,3,5H,2,4,6H2;5H,1-4H2. The molecular formula is C14H18ClNO. The maximum atomic E-state index is 11.1. The molecule has 1 aliphatic heterocycles. The molecule has 1 saturated heterocycles. The van der Waals surface area contributed by atoms with Gasteiger partial charge in [-0.25, -0.2) is 0 Å². The summed E-state index contributed by atoms with van der Waals surface area (Å²) in [6.07, 6.45) is 4.90. The van der Waals surface area contributed by atoms with Crippen LogP contribution in [0.4, 0.5) is 0 Å². The molecule has 0 amide bonds. The lowest BCUT2D eigenvalue weighted by Crippen LogP contribution is -2.12. The number of benzene rings is 1. The Bertz CT molecular complexity index is 392. The van der Waals surface area contributed by atoms with Gasteiger partial charge in [-0.1, -0.05) is 17.7 Å². The van der Waals surface area contributed by atoms with E-state index in [2.05, 4.69) is 5.32 Å². The van der Waals surface area contributed by atoms with E-state index in [4.69, 9.17) is 11.6 Å². The molecule has 1 aliphatic carbocycles. The second-order valence-electron chi connectivity index (χ2n) is 4.59. The molecule has 2 nitrogen and oxygen atoms in total. The zero-order chi connectivity index (χ0) is 12.1. The fourth-order valence-corrected chi connectivity index (χ4v) is 2.39. The molecule has 1 aromatic rings. The minimum Gasteiger partial charge on any atom is -0.317 e. The number of nitrogens with one attached hydrogen (secondary N) is 1. The van der Waals surface area contributed by atoms with Crippen molar-refractivity contribution in [3.8, 4) is 0 Å². The minimum atomic E-state index is 0.338. The van der Waals surface area contributed by atoms with Gasteiger partial charge in [0.1, 0.15) is 5.78 Å². The van der Waals surface area contributed by atoms with E-state index in [9.17, 15) is 4.79 Å². The Morgan fingerprint density at radius 1 is 1.06 bits per heavy atom. The molecule has 0 spiro atoms. The average molecular weight is 252 g/mol. The Balaban J connectivity index is 0.000000181. The number of aryl methyl sites for hydroxylation is 1. The first-order valence-corrected chi connectivity index (χ1v) is 6.63. The van der Waals surface area contributed by atoms with Crippen molar-refractivity contribution in [3.63, 3.8) is 0 Å². The van der Waals surface area contributed by atoms with E-state index in [0.717, 1.165) is 17.0 Å². The van der Waals surface area contributed by atoms with Crippen molar-refractivity contribution in [2.75, 3.05) is 13.1 Å². The van der Waals surface area contributed by atoms with Crippen LogP contribution in [0.3, 0.4) is 0 Å². The molecule has 2 aliphatic rings. The van der Waals surface area contributed by atoms with E-state index in [1.54, 1.807) is 0 Å². The monoisotopic (exact) mass is 251 g/mol. The van der Waals surface area contributed by atoms with Crippen molar-refractivity contribution in [3.05, 3.63) is 34.3 Å². The largest absolute Gasteiger partial charge is 0.317 e. The maximum Gasteiger partial charge on any atom is 0.137 e. The summed E-state index contributed by atoms with van der Waals surface area (Å²) in [7, 11) is 0. The number of halogens is 1. The van der Waals surface area contributed by atoms with Crippen molar-refractivity contribution < 1.29 is 4.79 Å². The molecule has 3 heteroatoms. The molecule has 0 saturated carbocycles. The van der Waals surface area contributed by atoms with Gasteiger partial charge >= 0.3 is 0 Å². The molecule has 1 aromatic carbocycles. The second-order valence-corrected chi connectivity index (χ2v) is 5.02. The van der Waals surface area contributed by atoms with Gasteiger partial charge in [-0.05, 0) is 55.6 Å². The summed E-state index contributed by atoms with van der Waals surface area (Å²) in [5.74, 6) is 0.338. The van der Waals surface area contributed by atoms with Gasteiger partial charge < -0.3 is 5.32 Å². The molecule has 0 bridgehead atoms. The van der Waals surface area contributed by atoms with Crippen molar-refractivity contribution in [2.24, 2.45) is 0 Å². The normalized spacial score (nSPS) is 18.3. The lowest BCUT2D eigenvalue weighted by Gasteiger charge is -2.14. The third-order valence-electron chi connectivity index (χ3n) is 3.19. The Hall–Kier alpha value is -0.860. The summed E-state index contributed by atoms with van der Waals surface area (Å²) in [5, 5.41) is 3.99. The zero-order valence-corrected chi connectivity index (χ0v) is 10.7. The number of Topliss-reactive ketones (excluding diaryl/α,β-unsaturated/α-hetero) is 1. The summed E-state index contributed by atoms with van der Waals surface area (Å²) in [6, 6.07) is 5.76. The average Bonchev–Trinajstić information content (AvgIpc) is 2.88. The van der Waals surface area contributed by atoms with Gasteiger partial charge in [0.05, 0.1) is 0 Å². The highest BCUT2D eigenvalue weighted by Crippen LogP contribution is 2.22. The SMILES string of the molecule is C1CCNC1.O=C1CCc2cc(Cl)ccc2C1. The quantitative estimate of drug-likeness (QED) is 0.768. The second kappa shape index (κ2) is 6.18. The van der Waals surface area contributed by atoms with E-state index >= 15 is 0 Å². The predicted octanol–water partition coefficient (Wildman–Crippen LogP) is 2.77. The highest BCUT2D eigenvalue weighted by molar-refractivity contribution is 6.30. The van der Waals surface area contributed by atoms with Crippen LogP contribution in [0.15, 0.2) is 18.2 Å². The van der Waals surface area contributed by atoms with E-state index in [-0.39, 0.29) is 0 Å². The Labute approximate surface area is 107 Å². The fraction of sp³-hybridized carbons (Fsp3) is 0.500. The van der Waals surface area contributed by atoms with Gasteiger partial charge in [0.25, 0.3) is 0 Å². The third kappa shape index (κ3) is 3.83. The molecule has 0 aromatic heterocycles. The molecule has 17 heavy (non-hydrogen) atoms. The Morgan fingerprint density at radius 3 is 2.47 bits per heavy atom. The van der Waals surface area contributed by atoms with Crippen LogP contribution >= 0.6 is 11.6 Å². The first kappa shape index (κ1) is 12.6. The topological polar surface area (TPSA) is 29.1 Å². The number of ketones is 1. The summed E-state index contributed by atoms with van der Waals surface area (Å²) >= 11 is 5.83. The van der Waals surface area contributed by atoms with Crippen LogP contribution in [0.25, 0.3) is 0 Å². The molecule has 0 radical (unpaired) electrons. The molecule has 3 rings (SSSR count). The van der Waals surface area contributed by atoms with E-state index in [1.165, 1.54) is 31.5 Å². The van der Waals surface area contributed by atoms with Gasteiger partial charge in [0, 0.05) is 17.9 Å². The van der Waals surface area contributed by atoms with E-state index in [1.807, 2.05) is 18.2 Å². The summed E-state index contributed by atoms with van der Waals surface area (Å²) in [5.41, 5.74) is 2.39. The fourth-order valence-electron chi connectivity index (χ4n) is 2.20. The van der Waals surface area contributed by atoms with Crippen LogP contribution in [-0.4, -0.2) is 18.9 Å². The number of carbonyl (C=O) groups excluding carboxylic acids is 1. The van der Waals surface area contributed by atoms with Gasteiger partial charge in [-0.15, -0.1) is 0 Å². The lowest BCUT2D eigenvalue weighted by atomic mass is 9.91. The minimum absolute atomic E-state index is 0.338. The van der Waals surface area contributed by atoms with Crippen molar-refractivity contribution in [1.29, 1.82) is 0 Å². The van der Waals surface area contributed by atoms with E-state index in [0.29, 0.717) is 18.6 Å². The number of rotatable bonds is 0. The molecule has 1 fully saturated rings. The summed E-state index contributed by atoms with van der Waals surface area (Å²) < 4.78 is 0. The number of hydrogen-bond acceptors (Lipinski definition) is 2. The van der Waals surface area contributed by atoms with Crippen LogP contribution in [0.1, 0.15) is 30.4 Å². The predicted molar refractivity (Wildman–Crippen MR) is 70.6 cm³/mol. The van der Waals surface area contributed by atoms with Gasteiger partial charge in [-0.3, -0.25) is 4.79 Å².